The van der Waals surface area contributed by atoms with Crippen LogP contribution in [-0.2, 0) is 16.1 Å². The Morgan fingerprint density at radius 1 is 1.09 bits per heavy atom. The molecule has 0 heterocycles. The number of carbonyl (C=O) groups is 2. The van der Waals surface area contributed by atoms with E-state index in [-0.39, 0.29) is 31.0 Å². The van der Waals surface area contributed by atoms with Crippen molar-refractivity contribution in [1.82, 2.24) is 10.2 Å². The number of benzene rings is 2. The van der Waals surface area contributed by atoms with E-state index in [2.05, 4.69) is 5.32 Å². The molecule has 0 aromatic heterocycles. The number of hydrogen-bond acceptors (Lipinski definition) is 3. The third-order valence-corrected chi connectivity index (χ3v) is 7.03. The predicted molar refractivity (Wildman–Crippen MR) is 133 cm³/mol. The van der Waals surface area contributed by atoms with Crippen molar-refractivity contribution in [3.05, 3.63) is 63.1 Å². The van der Waals surface area contributed by atoms with Crippen molar-refractivity contribution in [3.8, 4) is 5.75 Å². The molecular weight excluding hydrogens is 459 g/mol. The summed E-state index contributed by atoms with van der Waals surface area (Å²) in [7, 11) is 0. The highest BCUT2D eigenvalue weighted by atomic mass is 35.5. The minimum atomic E-state index is -0.645. The number of nitrogens with one attached hydrogen (secondary N) is 1. The molecule has 5 nitrogen and oxygen atoms in total. The van der Waals surface area contributed by atoms with Crippen LogP contribution in [0.3, 0.4) is 0 Å². The quantitative estimate of drug-likeness (QED) is 0.479. The first-order valence-electron chi connectivity index (χ1n) is 11.5. The molecule has 2 amide bonds. The fourth-order valence-electron chi connectivity index (χ4n) is 4.17. The second kappa shape index (κ2) is 11.8. The zero-order valence-electron chi connectivity index (χ0n) is 19.5. The van der Waals surface area contributed by atoms with E-state index in [0.29, 0.717) is 27.8 Å². The molecule has 0 radical (unpaired) electrons. The number of aryl methyl sites for hydroxylation is 2. The van der Waals surface area contributed by atoms with Gasteiger partial charge in [0.05, 0.1) is 0 Å². The minimum absolute atomic E-state index is 0.129. The second-order valence-electron chi connectivity index (χ2n) is 8.67. The minimum Gasteiger partial charge on any atom is -0.484 e. The maximum Gasteiger partial charge on any atom is 0.261 e. The molecule has 0 spiro atoms. The molecule has 1 aliphatic carbocycles. The number of hydrogen-bond donors (Lipinski definition) is 1. The number of halogens is 2. The van der Waals surface area contributed by atoms with Crippen LogP contribution in [0.4, 0.5) is 0 Å². The molecule has 2 aromatic rings. The molecule has 178 valence electrons. The van der Waals surface area contributed by atoms with Gasteiger partial charge in [-0.1, -0.05) is 55.1 Å². The van der Waals surface area contributed by atoms with Gasteiger partial charge in [-0.05, 0) is 68.5 Å². The summed E-state index contributed by atoms with van der Waals surface area (Å²) in [6, 6.07) is 10.4. The van der Waals surface area contributed by atoms with Gasteiger partial charge in [-0.3, -0.25) is 9.59 Å². The van der Waals surface area contributed by atoms with Crippen LogP contribution in [0.1, 0.15) is 55.7 Å². The van der Waals surface area contributed by atoms with Crippen LogP contribution in [-0.4, -0.2) is 35.4 Å². The highest BCUT2D eigenvalue weighted by Crippen LogP contribution is 2.27. The third kappa shape index (κ3) is 6.64. The van der Waals surface area contributed by atoms with Gasteiger partial charge in [0.25, 0.3) is 5.91 Å². The fourth-order valence-corrected chi connectivity index (χ4v) is 4.69. The zero-order valence-corrected chi connectivity index (χ0v) is 21.0. The lowest BCUT2D eigenvalue weighted by atomic mass is 10.1. The Labute approximate surface area is 206 Å². The molecule has 1 saturated carbocycles. The molecule has 0 bridgehead atoms. The molecule has 1 fully saturated rings. The van der Waals surface area contributed by atoms with Gasteiger partial charge in [-0.25, -0.2) is 0 Å². The molecule has 33 heavy (non-hydrogen) atoms. The van der Waals surface area contributed by atoms with E-state index in [1.807, 2.05) is 39.0 Å². The summed E-state index contributed by atoms with van der Waals surface area (Å²) in [6.07, 6.45) is 4.65. The smallest absolute Gasteiger partial charge is 0.261 e. The first-order valence-corrected chi connectivity index (χ1v) is 12.3. The van der Waals surface area contributed by atoms with Gasteiger partial charge < -0.3 is 15.0 Å². The molecule has 2 aromatic carbocycles. The van der Waals surface area contributed by atoms with Gasteiger partial charge in [0, 0.05) is 28.2 Å². The number of carbonyl (C=O) groups excluding carboxylic acids is 2. The Balaban J connectivity index is 1.81. The van der Waals surface area contributed by atoms with Gasteiger partial charge in [-0.2, -0.15) is 0 Å². The highest BCUT2D eigenvalue weighted by molar-refractivity contribution is 6.36. The summed E-state index contributed by atoms with van der Waals surface area (Å²) in [5, 5.41) is 4.05. The Hall–Kier alpha value is -2.24. The summed E-state index contributed by atoms with van der Waals surface area (Å²) in [5.41, 5.74) is 2.85. The first kappa shape index (κ1) is 25.4. The Morgan fingerprint density at radius 2 is 1.76 bits per heavy atom. The monoisotopic (exact) mass is 490 g/mol. The molecule has 0 aliphatic heterocycles. The van der Waals surface area contributed by atoms with E-state index >= 15 is 0 Å². The molecule has 3 rings (SSSR count). The van der Waals surface area contributed by atoms with Crippen molar-refractivity contribution < 1.29 is 14.3 Å². The summed E-state index contributed by atoms with van der Waals surface area (Å²) in [6.45, 7) is 5.86. The van der Waals surface area contributed by atoms with Crippen molar-refractivity contribution >= 4 is 35.0 Å². The van der Waals surface area contributed by atoms with Crippen LogP contribution >= 0.6 is 23.2 Å². The standard InChI is InChI=1S/C26H32Cl2N2O3/c1-4-24(26(32)29-19-8-5-6-9-19)30(15-21-22(27)10-7-11-23(21)28)25(31)16-33-20-13-12-17(2)18(3)14-20/h7,10-14,19,24H,4-6,8-9,15-16H2,1-3H3,(H,29,32). The van der Waals surface area contributed by atoms with E-state index in [0.717, 1.165) is 36.8 Å². The molecule has 1 aliphatic rings. The van der Waals surface area contributed by atoms with Crippen LogP contribution in [0, 0.1) is 13.8 Å². The maximum absolute atomic E-state index is 13.4. The van der Waals surface area contributed by atoms with Gasteiger partial charge in [0.15, 0.2) is 6.61 Å². The van der Waals surface area contributed by atoms with Crippen molar-refractivity contribution in [1.29, 1.82) is 0 Å². The number of rotatable bonds is 9. The third-order valence-electron chi connectivity index (χ3n) is 6.32. The van der Waals surface area contributed by atoms with E-state index in [1.54, 1.807) is 23.1 Å². The Morgan fingerprint density at radius 3 is 2.36 bits per heavy atom. The van der Waals surface area contributed by atoms with E-state index < -0.39 is 6.04 Å². The average molecular weight is 491 g/mol. The van der Waals surface area contributed by atoms with E-state index in [1.165, 1.54) is 0 Å². The Bertz CT molecular complexity index is 969. The van der Waals surface area contributed by atoms with Gasteiger partial charge >= 0.3 is 0 Å². The SMILES string of the molecule is CCC(C(=O)NC1CCCC1)N(Cc1c(Cl)cccc1Cl)C(=O)COc1ccc(C)c(C)c1. The molecule has 1 unspecified atom stereocenters. The molecular formula is C26H32Cl2N2O3. The summed E-state index contributed by atoms with van der Waals surface area (Å²) in [5.74, 6) is 0.176. The largest absolute Gasteiger partial charge is 0.484 e. The van der Waals surface area contributed by atoms with Gasteiger partial charge in [0.2, 0.25) is 5.91 Å². The lowest BCUT2D eigenvalue weighted by Crippen LogP contribution is -2.52. The molecule has 0 saturated heterocycles. The van der Waals surface area contributed by atoms with Gasteiger partial charge in [-0.15, -0.1) is 0 Å². The second-order valence-corrected chi connectivity index (χ2v) is 9.49. The van der Waals surface area contributed by atoms with Crippen molar-refractivity contribution in [3.63, 3.8) is 0 Å². The summed E-state index contributed by atoms with van der Waals surface area (Å²) < 4.78 is 5.80. The topological polar surface area (TPSA) is 58.6 Å². The lowest BCUT2D eigenvalue weighted by molar-refractivity contribution is -0.143. The Kier molecular flexibility index (Phi) is 9.04. The van der Waals surface area contributed by atoms with Crippen LogP contribution in [0.15, 0.2) is 36.4 Å². The van der Waals surface area contributed by atoms with Crippen molar-refractivity contribution in [2.24, 2.45) is 0 Å². The average Bonchev–Trinajstić information content (AvgIpc) is 3.29. The van der Waals surface area contributed by atoms with Crippen LogP contribution in [0.5, 0.6) is 5.75 Å². The lowest BCUT2D eigenvalue weighted by Gasteiger charge is -2.32. The van der Waals surface area contributed by atoms with Crippen LogP contribution in [0.25, 0.3) is 0 Å². The fraction of sp³-hybridized carbons (Fsp3) is 0.462. The normalized spacial score (nSPS) is 14.7. The maximum atomic E-state index is 13.4. The molecule has 1 N–H and O–H groups in total. The van der Waals surface area contributed by atoms with Gasteiger partial charge in [0.1, 0.15) is 11.8 Å². The summed E-state index contributed by atoms with van der Waals surface area (Å²) in [4.78, 5) is 28.1. The predicted octanol–water partition coefficient (Wildman–Crippen LogP) is 5.86. The van der Waals surface area contributed by atoms with E-state index in [4.69, 9.17) is 27.9 Å². The molecule has 7 heteroatoms. The zero-order chi connectivity index (χ0) is 24.0. The number of amides is 2. The van der Waals surface area contributed by atoms with Crippen molar-refractivity contribution in [2.45, 2.75) is 71.5 Å². The van der Waals surface area contributed by atoms with Crippen LogP contribution in [0.2, 0.25) is 10.0 Å². The van der Waals surface area contributed by atoms with E-state index in [9.17, 15) is 9.59 Å². The highest BCUT2D eigenvalue weighted by Gasteiger charge is 2.31. The number of nitrogens with zero attached hydrogens (tertiary/aromatic N) is 1. The summed E-state index contributed by atoms with van der Waals surface area (Å²) >= 11 is 12.8. The first-order chi connectivity index (χ1) is 15.8. The van der Waals surface area contributed by atoms with Crippen molar-refractivity contribution in [2.75, 3.05) is 6.61 Å². The molecule has 1 atom stereocenters. The number of ether oxygens (including phenoxy) is 1. The van der Waals surface area contributed by atoms with Crippen LogP contribution < -0.4 is 10.1 Å².